The van der Waals surface area contributed by atoms with Gasteiger partial charge in [-0.25, -0.2) is 10.0 Å². The molecule has 1 aliphatic rings. The summed E-state index contributed by atoms with van der Waals surface area (Å²) >= 11 is 0. The summed E-state index contributed by atoms with van der Waals surface area (Å²) in [4.78, 5) is 1.46. The van der Waals surface area contributed by atoms with Gasteiger partial charge in [-0.1, -0.05) is 32.4 Å². The number of hydrogen-bond acceptors (Lipinski definition) is 2. The smallest absolute Gasteiger partial charge is 0.199 e. The van der Waals surface area contributed by atoms with E-state index in [1.165, 1.54) is 39.6 Å². The third kappa shape index (κ3) is 3.65. The molecular weight excluding hydrogens is 291 g/mol. The van der Waals surface area contributed by atoms with E-state index in [9.17, 15) is 0 Å². The van der Waals surface area contributed by atoms with Gasteiger partial charge < -0.3 is 9.47 Å². The molecule has 0 radical (unpaired) electrons. The van der Waals surface area contributed by atoms with Crippen molar-refractivity contribution in [3.63, 3.8) is 0 Å². The Kier molecular flexibility index (Phi) is 6.28. The number of ether oxygens (including phenoxy) is 2. The maximum atomic E-state index is 6.38. The molecule has 4 heteroatoms. The van der Waals surface area contributed by atoms with E-state index in [0.717, 1.165) is 25.2 Å². The molecule has 1 fully saturated rings. The van der Waals surface area contributed by atoms with Gasteiger partial charge in [-0.2, -0.15) is 0 Å². The fourth-order valence-electron chi connectivity index (χ4n) is 3.40. The minimum absolute atomic E-state index is 0.0587. The van der Waals surface area contributed by atoms with Gasteiger partial charge in [0.25, 0.3) is 0 Å². The zero-order chi connectivity index (χ0) is 16.2. The number of benzene rings is 1. The maximum absolute atomic E-state index is 6.38. The van der Waals surface area contributed by atoms with Crippen molar-refractivity contribution < 1.29 is 9.47 Å². The molecule has 0 spiro atoms. The molecule has 2 rings (SSSR count). The first-order chi connectivity index (χ1) is 10.6. The summed E-state index contributed by atoms with van der Waals surface area (Å²) in [6.07, 6.45) is 3.32. The zero-order valence-electron chi connectivity index (χ0n) is 14.9. The Morgan fingerprint density at radius 1 is 1.18 bits per heavy atom. The topological polar surface area (TPSA) is 18.5 Å². The molecule has 1 saturated heterocycles. The van der Waals surface area contributed by atoms with Gasteiger partial charge in [0.1, 0.15) is 13.6 Å². The molecule has 0 amide bonds. The highest BCUT2D eigenvalue weighted by molar-refractivity contribution is 8.33. The summed E-state index contributed by atoms with van der Waals surface area (Å²) in [7, 11) is 1.38. The van der Waals surface area contributed by atoms with Crippen molar-refractivity contribution in [3.05, 3.63) is 17.7 Å². The second-order valence-corrected chi connectivity index (χ2v) is 10.5. The molecule has 2 nitrogen and oxygen atoms in total. The summed E-state index contributed by atoms with van der Waals surface area (Å²) in [5, 5.41) is 0. The minimum atomic E-state index is -0.796. The van der Waals surface area contributed by atoms with E-state index in [0.29, 0.717) is 0 Å². The molecule has 1 atom stereocenters. The SMILES string of the molecule is Bc1cc(C)cc(S(CC)(CC)CC)c1OC1CCCCO1. The Balaban J connectivity index is 2.42. The third-order valence-corrected chi connectivity index (χ3v) is 9.45. The molecule has 22 heavy (non-hydrogen) atoms. The lowest BCUT2D eigenvalue weighted by molar-refractivity contribution is -0.106. The molecular formula is C18H31BO2S. The van der Waals surface area contributed by atoms with Crippen LogP contribution in [-0.4, -0.2) is 38.0 Å². The fourth-order valence-corrected chi connectivity index (χ4v) is 6.60. The monoisotopic (exact) mass is 322 g/mol. The van der Waals surface area contributed by atoms with Crippen molar-refractivity contribution in [2.75, 3.05) is 23.9 Å². The zero-order valence-corrected chi connectivity index (χ0v) is 15.7. The highest BCUT2D eigenvalue weighted by atomic mass is 32.3. The average molecular weight is 322 g/mol. The van der Waals surface area contributed by atoms with E-state index in [4.69, 9.17) is 9.47 Å². The third-order valence-electron chi connectivity index (χ3n) is 4.90. The normalized spacial score (nSPS) is 19.9. The van der Waals surface area contributed by atoms with E-state index in [1.54, 1.807) is 0 Å². The lowest BCUT2D eigenvalue weighted by atomic mass is 9.93. The first-order valence-corrected chi connectivity index (χ1v) is 10.9. The molecule has 0 aromatic heterocycles. The predicted octanol–water partition coefficient (Wildman–Crippen LogP) is 3.38. The van der Waals surface area contributed by atoms with E-state index < -0.39 is 10.0 Å². The van der Waals surface area contributed by atoms with Crippen LogP contribution >= 0.6 is 10.0 Å². The first kappa shape index (κ1) is 17.7. The van der Waals surface area contributed by atoms with Crippen molar-refractivity contribution in [2.45, 2.75) is 58.1 Å². The van der Waals surface area contributed by atoms with E-state index >= 15 is 0 Å². The standard InChI is InChI=1S/C18H31BO2S/c1-5-22(6-2,7-3)16-13-14(4)12-15(19)18(16)21-17-10-8-9-11-20-17/h12-13,17H,5-11,19H2,1-4H3. The number of rotatable bonds is 6. The maximum Gasteiger partial charge on any atom is 0.199 e. The quantitative estimate of drug-likeness (QED) is 0.748. The van der Waals surface area contributed by atoms with Crippen molar-refractivity contribution in [1.82, 2.24) is 0 Å². The second-order valence-electron chi connectivity index (χ2n) is 6.23. The van der Waals surface area contributed by atoms with Crippen LogP contribution in [0.2, 0.25) is 0 Å². The van der Waals surface area contributed by atoms with E-state index in [1.807, 2.05) is 0 Å². The highest BCUT2D eigenvalue weighted by Crippen LogP contribution is 2.58. The van der Waals surface area contributed by atoms with Crippen LogP contribution < -0.4 is 10.2 Å². The summed E-state index contributed by atoms with van der Waals surface area (Å²) in [6.45, 7) is 10.0. The summed E-state index contributed by atoms with van der Waals surface area (Å²) < 4.78 is 12.2. The van der Waals surface area contributed by atoms with Gasteiger partial charge in [0.2, 0.25) is 0 Å². The Morgan fingerprint density at radius 2 is 1.86 bits per heavy atom. The number of hydrogen-bond donors (Lipinski definition) is 0. The summed E-state index contributed by atoms with van der Waals surface area (Å²) in [5.74, 6) is 4.79. The Morgan fingerprint density at radius 3 is 2.41 bits per heavy atom. The molecule has 1 heterocycles. The van der Waals surface area contributed by atoms with Crippen LogP contribution in [0.4, 0.5) is 0 Å². The lowest BCUT2D eigenvalue weighted by Gasteiger charge is -2.40. The van der Waals surface area contributed by atoms with Crippen molar-refractivity contribution in [1.29, 1.82) is 0 Å². The number of aryl methyl sites for hydroxylation is 1. The summed E-state index contributed by atoms with van der Waals surface area (Å²) in [6, 6.07) is 4.61. The van der Waals surface area contributed by atoms with Crippen LogP contribution in [-0.2, 0) is 4.74 Å². The molecule has 1 aromatic carbocycles. The molecule has 1 aliphatic heterocycles. The van der Waals surface area contributed by atoms with Crippen molar-refractivity contribution in [2.24, 2.45) is 0 Å². The largest absolute Gasteiger partial charge is 0.464 e. The Labute approximate surface area is 138 Å². The second kappa shape index (κ2) is 7.78. The van der Waals surface area contributed by atoms with Crippen LogP contribution in [0.15, 0.2) is 17.0 Å². The van der Waals surface area contributed by atoms with Crippen LogP contribution in [0.1, 0.15) is 45.6 Å². The molecule has 124 valence electrons. The fraction of sp³-hybridized carbons (Fsp3) is 0.667. The predicted molar refractivity (Wildman–Crippen MR) is 101 cm³/mol. The van der Waals surface area contributed by atoms with Crippen LogP contribution in [0.5, 0.6) is 5.75 Å². The minimum Gasteiger partial charge on any atom is -0.464 e. The van der Waals surface area contributed by atoms with Crippen LogP contribution in [0.25, 0.3) is 0 Å². The molecule has 0 N–H and O–H groups in total. The Bertz CT molecular complexity index is 486. The van der Waals surface area contributed by atoms with Crippen LogP contribution in [0, 0.1) is 6.92 Å². The molecule has 0 bridgehead atoms. The van der Waals surface area contributed by atoms with Gasteiger partial charge in [-0.05, 0) is 48.6 Å². The highest BCUT2D eigenvalue weighted by Gasteiger charge is 2.27. The lowest BCUT2D eigenvalue weighted by Crippen LogP contribution is -2.28. The summed E-state index contributed by atoms with van der Waals surface area (Å²) in [5.41, 5.74) is 2.60. The van der Waals surface area contributed by atoms with Gasteiger partial charge in [0, 0.05) is 11.3 Å². The van der Waals surface area contributed by atoms with Gasteiger partial charge in [-0.15, -0.1) is 0 Å². The van der Waals surface area contributed by atoms with Gasteiger partial charge >= 0.3 is 0 Å². The average Bonchev–Trinajstić information content (AvgIpc) is 2.53. The molecule has 0 saturated carbocycles. The molecule has 0 aliphatic carbocycles. The molecule has 1 aromatic rings. The van der Waals surface area contributed by atoms with Gasteiger partial charge in [0.05, 0.1) is 6.61 Å². The van der Waals surface area contributed by atoms with Crippen molar-refractivity contribution in [3.8, 4) is 5.75 Å². The van der Waals surface area contributed by atoms with Gasteiger partial charge in [-0.3, -0.25) is 0 Å². The van der Waals surface area contributed by atoms with Crippen LogP contribution in [0.3, 0.4) is 0 Å². The molecule has 1 unspecified atom stereocenters. The van der Waals surface area contributed by atoms with Crippen molar-refractivity contribution >= 4 is 23.3 Å². The first-order valence-electron chi connectivity index (χ1n) is 8.72. The Hall–Kier alpha value is -0.605. The van der Waals surface area contributed by atoms with E-state index in [2.05, 4.69) is 47.7 Å². The van der Waals surface area contributed by atoms with Gasteiger partial charge in [0.15, 0.2) is 6.29 Å². The van der Waals surface area contributed by atoms with E-state index in [-0.39, 0.29) is 6.29 Å².